The van der Waals surface area contributed by atoms with Crippen LogP contribution in [0, 0.1) is 0 Å². The van der Waals surface area contributed by atoms with E-state index in [1.54, 1.807) is 23.7 Å². The summed E-state index contributed by atoms with van der Waals surface area (Å²) in [5, 5.41) is 6.24. The van der Waals surface area contributed by atoms with E-state index in [2.05, 4.69) is 22.2 Å². The fourth-order valence-electron chi connectivity index (χ4n) is 1.35. The molecule has 0 aliphatic heterocycles. The summed E-state index contributed by atoms with van der Waals surface area (Å²) in [6.45, 7) is 3.47. The smallest absolute Gasteiger partial charge is 0.169 e. The van der Waals surface area contributed by atoms with Gasteiger partial charge < -0.3 is 10.1 Å². The first-order valence-corrected chi connectivity index (χ1v) is 6.48. The second-order valence-electron chi connectivity index (χ2n) is 3.48. The summed E-state index contributed by atoms with van der Waals surface area (Å²) in [5.74, 6) is 1.57. The molecule has 0 unspecified atom stereocenters. The Bertz CT molecular complexity index is 445. The molecule has 0 aliphatic rings. The molecule has 0 amide bonds. The Morgan fingerprint density at radius 1 is 1.35 bits per heavy atom. The number of ether oxygens (including phenoxy) is 1. The Morgan fingerprint density at radius 3 is 3.06 bits per heavy atom. The number of nitrogens with one attached hydrogen (secondary N) is 1. The van der Waals surface area contributed by atoms with Gasteiger partial charge in [-0.2, -0.15) is 0 Å². The monoisotopic (exact) mass is 249 g/mol. The van der Waals surface area contributed by atoms with Gasteiger partial charge in [0.15, 0.2) is 11.6 Å². The van der Waals surface area contributed by atoms with Gasteiger partial charge in [-0.3, -0.25) is 0 Å². The number of anilines is 1. The Balaban J connectivity index is 1.99. The molecular weight excluding hydrogens is 234 g/mol. The molecule has 0 saturated heterocycles. The van der Waals surface area contributed by atoms with Gasteiger partial charge in [-0.05, 0) is 18.6 Å². The van der Waals surface area contributed by atoms with Crippen LogP contribution in [0.4, 0.5) is 5.82 Å². The molecule has 2 heterocycles. The zero-order valence-electron chi connectivity index (χ0n) is 9.72. The van der Waals surface area contributed by atoms with E-state index in [0.29, 0.717) is 13.2 Å². The number of thiazole rings is 1. The molecule has 5 heteroatoms. The molecule has 0 radical (unpaired) electrons. The van der Waals surface area contributed by atoms with Crippen molar-refractivity contribution < 1.29 is 4.74 Å². The third-order valence-corrected chi connectivity index (χ3v) is 2.90. The van der Waals surface area contributed by atoms with Gasteiger partial charge in [0.1, 0.15) is 5.01 Å². The van der Waals surface area contributed by atoms with Crippen molar-refractivity contribution in [3.8, 4) is 5.75 Å². The summed E-state index contributed by atoms with van der Waals surface area (Å²) >= 11 is 1.62. The van der Waals surface area contributed by atoms with E-state index in [1.165, 1.54) is 0 Å². The van der Waals surface area contributed by atoms with Gasteiger partial charge in [0.25, 0.3) is 0 Å². The van der Waals surface area contributed by atoms with E-state index in [9.17, 15) is 0 Å². The van der Waals surface area contributed by atoms with Gasteiger partial charge in [0.05, 0.1) is 13.2 Å². The van der Waals surface area contributed by atoms with E-state index in [1.807, 2.05) is 17.5 Å². The van der Waals surface area contributed by atoms with E-state index in [0.717, 1.165) is 23.0 Å². The highest BCUT2D eigenvalue weighted by Crippen LogP contribution is 2.21. The van der Waals surface area contributed by atoms with E-state index in [-0.39, 0.29) is 0 Å². The van der Waals surface area contributed by atoms with Crippen LogP contribution in [0.3, 0.4) is 0 Å². The lowest BCUT2D eigenvalue weighted by Gasteiger charge is -2.10. The molecule has 0 fully saturated rings. The van der Waals surface area contributed by atoms with Crippen LogP contribution < -0.4 is 10.1 Å². The molecule has 0 atom stereocenters. The minimum absolute atomic E-state index is 0.678. The highest BCUT2D eigenvalue weighted by molar-refractivity contribution is 7.09. The molecule has 4 nitrogen and oxygen atoms in total. The molecule has 0 aliphatic carbocycles. The SMILES string of the molecule is CCCOc1cccnc1NCc1nccs1. The zero-order chi connectivity index (χ0) is 11.9. The Morgan fingerprint density at radius 2 is 2.29 bits per heavy atom. The average molecular weight is 249 g/mol. The fraction of sp³-hybridized carbons (Fsp3) is 0.333. The maximum Gasteiger partial charge on any atom is 0.169 e. The molecule has 0 bridgehead atoms. The second kappa shape index (κ2) is 6.20. The van der Waals surface area contributed by atoms with Crippen molar-refractivity contribution in [3.05, 3.63) is 34.9 Å². The van der Waals surface area contributed by atoms with Crippen molar-refractivity contribution >= 4 is 17.2 Å². The first-order chi connectivity index (χ1) is 8.40. The molecule has 2 aromatic rings. The van der Waals surface area contributed by atoms with Gasteiger partial charge in [-0.1, -0.05) is 6.92 Å². The Hall–Kier alpha value is -1.62. The normalized spacial score (nSPS) is 10.2. The van der Waals surface area contributed by atoms with Gasteiger partial charge >= 0.3 is 0 Å². The second-order valence-corrected chi connectivity index (χ2v) is 4.46. The summed E-state index contributed by atoms with van der Waals surface area (Å²) in [5.41, 5.74) is 0. The average Bonchev–Trinajstić information content (AvgIpc) is 2.88. The van der Waals surface area contributed by atoms with Gasteiger partial charge in [0.2, 0.25) is 0 Å². The van der Waals surface area contributed by atoms with E-state index in [4.69, 9.17) is 4.74 Å². The summed E-state index contributed by atoms with van der Waals surface area (Å²) in [6.07, 6.45) is 4.54. The van der Waals surface area contributed by atoms with E-state index >= 15 is 0 Å². The third-order valence-electron chi connectivity index (χ3n) is 2.12. The van der Waals surface area contributed by atoms with Crippen LogP contribution in [-0.2, 0) is 6.54 Å². The maximum atomic E-state index is 5.61. The minimum atomic E-state index is 0.678. The summed E-state index contributed by atoms with van der Waals surface area (Å²) in [7, 11) is 0. The summed E-state index contributed by atoms with van der Waals surface area (Å²) in [6, 6.07) is 3.80. The van der Waals surface area contributed by atoms with Crippen molar-refractivity contribution in [2.75, 3.05) is 11.9 Å². The Kier molecular flexibility index (Phi) is 4.32. The summed E-state index contributed by atoms with van der Waals surface area (Å²) in [4.78, 5) is 8.48. The highest BCUT2D eigenvalue weighted by atomic mass is 32.1. The van der Waals surface area contributed by atoms with Crippen molar-refractivity contribution in [2.45, 2.75) is 19.9 Å². The fourth-order valence-corrected chi connectivity index (χ4v) is 1.91. The molecular formula is C12H15N3OS. The van der Waals surface area contributed by atoms with Crippen molar-refractivity contribution in [3.63, 3.8) is 0 Å². The number of aromatic nitrogens is 2. The molecule has 17 heavy (non-hydrogen) atoms. The van der Waals surface area contributed by atoms with E-state index < -0.39 is 0 Å². The molecule has 2 aromatic heterocycles. The number of hydrogen-bond donors (Lipinski definition) is 1. The lowest BCUT2D eigenvalue weighted by Crippen LogP contribution is -2.04. The third kappa shape index (κ3) is 3.42. The topological polar surface area (TPSA) is 47.0 Å². The zero-order valence-corrected chi connectivity index (χ0v) is 10.5. The molecule has 0 spiro atoms. The first kappa shape index (κ1) is 11.9. The molecule has 2 rings (SSSR count). The van der Waals surface area contributed by atoms with Crippen molar-refractivity contribution in [1.29, 1.82) is 0 Å². The van der Waals surface area contributed by atoms with Crippen LogP contribution in [0.15, 0.2) is 29.9 Å². The quantitative estimate of drug-likeness (QED) is 0.855. The molecule has 90 valence electrons. The number of rotatable bonds is 6. The predicted molar refractivity (Wildman–Crippen MR) is 69.5 cm³/mol. The first-order valence-electron chi connectivity index (χ1n) is 5.60. The molecule has 1 N–H and O–H groups in total. The van der Waals surface area contributed by atoms with Gasteiger partial charge in [-0.15, -0.1) is 11.3 Å². The van der Waals surface area contributed by atoms with Crippen LogP contribution in [0.1, 0.15) is 18.4 Å². The highest BCUT2D eigenvalue weighted by Gasteiger charge is 2.04. The van der Waals surface area contributed by atoms with Crippen molar-refractivity contribution in [2.24, 2.45) is 0 Å². The maximum absolute atomic E-state index is 5.61. The predicted octanol–water partition coefficient (Wildman–Crippen LogP) is 2.94. The van der Waals surface area contributed by atoms with Gasteiger partial charge in [0, 0.05) is 17.8 Å². The van der Waals surface area contributed by atoms with Gasteiger partial charge in [-0.25, -0.2) is 9.97 Å². The number of pyridine rings is 1. The number of nitrogens with zero attached hydrogens (tertiary/aromatic N) is 2. The van der Waals surface area contributed by atoms with Crippen LogP contribution in [0.2, 0.25) is 0 Å². The van der Waals surface area contributed by atoms with Crippen LogP contribution in [0.5, 0.6) is 5.75 Å². The van der Waals surface area contributed by atoms with Crippen LogP contribution >= 0.6 is 11.3 Å². The Labute approximate surface area is 105 Å². The van der Waals surface area contributed by atoms with Crippen LogP contribution in [0.25, 0.3) is 0 Å². The lowest BCUT2D eigenvalue weighted by molar-refractivity contribution is 0.318. The minimum Gasteiger partial charge on any atom is -0.490 e. The van der Waals surface area contributed by atoms with Crippen molar-refractivity contribution in [1.82, 2.24) is 9.97 Å². The molecule has 0 aromatic carbocycles. The van der Waals surface area contributed by atoms with Crippen LogP contribution in [-0.4, -0.2) is 16.6 Å². The lowest BCUT2D eigenvalue weighted by atomic mass is 10.4. The standard InChI is InChI=1S/C12H15N3OS/c1-2-7-16-10-4-3-5-14-12(10)15-9-11-13-6-8-17-11/h3-6,8H,2,7,9H2,1H3,(H,14,15). The molecule has 0 saturated carbocycles. The number of hydrogen-bond acceptors (Lipinski definition) is 5. The summed E-state index contributed by atoms with van der Waals surface area (Å²) < 4.78 is 5.61. The largest absolute Gasteiger partial charge is 0.490 e.